The summed E-state index contributed by atoms with van der Waals surface area (Å²) >= 11 is 0. The van der Waals surface area contributed by atoms with Gasteiger partial charge in [0, 0.05) is 31.5 Å². The van der Waals surface area contributed by atoms with Gasteiger partial charge >= 0.3 is 0 Å². The Morgan fingerprint density at radius 1 is 1.21 bits per heavy atom. The van der Waals surface area contributed by atoms with Crippen LogP contribution < -0.4 is 0 Å². The van der Waals surface area contributed by atoms with Crippen LogP contribution in [0.1, 0.15) is 44.6 Å². The van der Waals surface area contributed by atoms with E-state index in [1.165, 1.54) is 24.4 Å². The van der Waals surface area contributed by atoms with Gasteiger partial charge in [-0.05, 0) is 31.1 Å². The fraction of sp³-hybridized carbons (Fsp3) is 0.650. The lowest BCUT2D eigenvalue weighted by Crippen LogP contribution is -2.47. The van der Waals surface area contributed by atoms with E-state index >= 15 is 0 Å². The summed E-state index contributed by atoms with van der Waals surface area (Å²) in [6, 6.07) is 12.5. The van der Waals surface area contributed by atoms with Crippen molar-refractivity contribution in [1.82, 2.24) is 4.90 Å². The first-order valence-corrected chi connectivity index (χ1v) is 12.6. The van der Waals surface area contributed by atoms with Crippen molar-refractivity contribution >= 4 is 14.1 Å². The first-order valence-electron chi connectivity index (χ1n) is 9.47. The van der Waals surface area contributed by atoms with Crippen molar-refractivity contribution in [3.05, 3.63) is 35.9 Å². The van der Waals surface area contributed by atoms with Crippen LogP contribution in [0, 0.1) is 0 Å². The summed E-state index contributed by atoms with van der Waals surface area (Å²) in [6.45, 7) is 7.87. The minimum Gasteiger partial charge on any atom is -0.413 e. The molecule has 4 heteroatoms. The number of fused-ring (bicyclic) bond motifs is 2. The number of piperidine rings is 1. The van der Waals surface area contributed by atoms with Crippen LogP contribution >= 0.6 is 0 Å². The van der Waals surface area contributed by atoms with E-state index in [-0.39, 0.29) is 12.1 Å². The van der Waals surface area contributed by atoms with Crippen molar-refractivity contribution in [3.63, 3.8) is 0 Å². The third-order valence-corrected chi connectivity index (χ3v) is 8.04. The Morgan fingerprint density at radius 3 is 2.67 bits per heavy atom. The molecule has 3 atom stereocenters. The monoisotopic (exact) mass is 345 g/mol. The molecule has 24 heavy (non-hydrogen) atoms. The minimum absolute atomic E-state index is 0.253. The summed E-state index contributed by atoms with van der Waals surface area (Å²) in [5.41, 5.74) is 1.34. The zero-order valence-electron chi connectivity index (χ0n) is 15.3. The van der Waals surface area contributed by atoms with Crippen LogP contribution in [0.15, 0.2) is 30.3 Å². The molecule has 132 valence electrons. The average Bonchev–Trinajstić information content (AvgIpc) is 2.73. The highest BCUT2D eigenvalue weighted by Crippen LogP contribution is 2.38. The number of carbonyl (C=O) groups excluding carboxylic acids is 1. The van der Waals surface area contributed by atoms with E-state index in [4.69, 9.17) is 4.43 Å². The molecule has 0 aromatic heterocycles. The number of hydrogen-bond donors (Lipinski definition) is 0. The number of benzene rings is 1. The summed E-state index contributed by atoms with van der Waals surface area (Å²) in [5, 5.41) is 0. The average molecular weight is 346 g/mol. The van der Waals surface area contributed by atoms with Crippen molar-refractivity contribution < 1.29 is 9.22 Å². The molecule has 0 saturated carbocycles. The maximum Gasteiger partial charge on any atom is 0.187 e. The van der Waals surface area contributed by atoms with E-state index in [1.807, 2.05) is 0 Å². The predicted octanol–water partition coefficient (Wildman–Crippen LogP) is 4.38. The summed E-state index contributed by atoms with van der Waals surface area (Å²) in [6.07, 6.45) is 5.16. The van der Waals surface area contributed by atoms with Crippen LogP contribution in [-0.2, 0) is 15.8 Å². The van der Waals surface area contributed by atoms with E-state index in [0.29, 0.717) is 24.7 Å². The fourth-order valence-corrected chi connectivity index (χ4v) is 6.71. The molecule has 2 aliphatic rings. The van der Waals surface area contributed by atoms with Crippen LogP contribution in [-0.4, -0.2) is 37.2 Å². The number of Topliss-reactive ketones (excluding diaryl/α,β-unsaturated/α-hetero) is 1. The van der Waals surface area contributed by atoms with Crippen LogP contribution in [0.2, 0.25) is 19.1 Å². The molecule has 2 heterocycles. The lowest BCUT2D eigenvalue weighted by atomic mass is 10.0. The number of hydrogen-bond acceptors (Lipinski definition) is 3. The van der Waals surface area contributed by atoms with Crippen LogP contribution in [0.5, 0.6) is 0 Å². The maximum absolute atomic E-state index is 12.1. The quantitative estimate of drug-likeness (QED) is 0.687. The van der Waals surface area contributed by atoms with Gasteiger partial charge in [0.2, 0.25) is 0 Å². The molecule has 2 bridgehead atoms. The molecule has 0 aliphatic carbocycles. The first kappa shape index (κ1) is 17.8. The molecule has 0 N–H and O–H groups in total. The van der Waals surface area contributed by atoms with Crippen molar-refractivity contribution in [2.45, 2.75) is 82.9 Å². The number of rotatable bonds is 7. The van der Waals surface area contributed by atoms with Gasteiger partial charge in [-0.2, -0.15) is 0 Å². The van der Waals surface area contributed by atoms with E-state index in [0.717, 1.165) is 13.0 Å². The molecule has 3 unspecified atom stereocenters. The van der Waals surface area contributed by atoms with Gasteiger partial charge in [0.25, 0.3) is 0 Å². The summed E-state index contributed by atoms with van der Waals surface area (Å²) < 4.78 is 6.68. The molecule has 2 saturated heterocycles. The van der Waals surface area contributed by atoms with Gasteiger partial charge in [-0.3, -0.25) is 9.69 Å². The SMILES string of the molecule is CCCC[Si](C)(C)OC1CC2CC(=O)CC1N2Cc1ccccc1. The second-order valence-electron chi connectivity index (χ2n) is 8.08. The highest BCUT2D eigenvalue weighted by molar-refractivity contribution is 6.71. The van der Waals surface area contributed by atoms with Gasteiger partial charge in [-0.15, -0.1) is 0 Å². The summed E-state index contributed by atoms with van der Waals surface area (Å²) in [7, 11) is -1.63. The lowest BCUT2D eigenvalue weighted by molar-refractivity contribution is -0.124. The Morgan fingerprint density at radius 2 is 1.96 bits per heavy atom. The number of ketones is 1. The first-order chi connectivity index (χ1) is 11.5. The number of carbonyl (C=O) groups is 1. The Balaban J connectivity index is 1.70. The number of nitrogens with zero attached hydrogens (tertiary/aromatic N) is 1. The Hall–Kier alpha value is -0.973. The molecule has 0 radical (unpaired) electrons. The van der Waals surface area contributed by atoms with E-state index < -0.39 is 8.32 Å². The highest BCUT2D eigenvalue weighted by atomic mass is 28.4. The van der Waals surface area contributed by atoms with Gasteiger partial charge in [-0.25, -0.2) is 0 Å². The molecule has 2 fully saturated rings. The predicted molar refractivity (Wildman–Crippen MR) is 100 cm³/mol. The standard InChI is InChI=1S/C20H31NO2Si/c1-4-5-11-24(2,3)23-20-13-17-12-18(22)14-19(20)21(17)15-16-9-7-6-8-10-16/h6-10,17,19-20H,4-5,11-15H2,1-3H3. The largest absolute Gasteiger partial charge is 0.413 e. The molecular formula is C20H31NO2Si. The topological polar surface area (TPSA) is 29.5 Å². The second-order valence-corrected chi connectivity index (χ2v) is 12.3. The third kappa shape index (κ3) is 4.16. The molecule has 1 aromatic rings. The normalized spacial score (nSPS) is 27.6. The Kier molecular flexibility index (Phi) is 5.58. The van der Waals surface area contributed by atoms with Gasteiger partial charge in [0.05, 0.1) is 6.10 Å². The minimum atomic E-state index is -1.63. The number of unbranched alkanes of at least 4 members (excludes halogenated alkanes) is 1. The molecule has 3 rings (SSSR count). The smallest absolute Gasteiger partial charge is 0.187 e. The molecule has 0 spiro atoms. The summed E-state index contributed by atoms with van der Waals surface area (Å²) in [4.78, 5) is 14.7. The maximum atomic E-state index is 12.1. The molecule has 1 aromatic carbocycles. The highest BCUT2D eigenvalue weighted by Gasteiger charge is 2.48. The zero-order chi connectivity index (χ0) is 17.2. The van der Waals surface area contributed by atoms with Gasteiger partial charge in [-0.1, -0.05) is 50.1 Å². The van der Waals surface area contributed by atoms with Crippen molar-refractivity contribution in [3.8, 4) is 0 Å². The molecule has 3 nitrogen and oxygen atoms in total. The van der Waals surface area contributed by atoms with E-state index in [2.05, 4.69) is 55.2 Å². The third-order valence-electron chi connectivity index (χ3n) is 5.54. The molecule has 0 amide bonds. The van der Waals surface area contributed by atoms with Crippen LogP contribution in [0.3, 0.4) is 0 Å². The fourth-order valence-electron chi connectivity index (χ4n) is 4.31. The van der Waals surface area contributed by atoms with Crippen molar-refractivity contribution in [2.75, 3.05) is 0 Å². The second kappa shape index (κ2) is 7.50. The molecular weight excluding hydrogens is 314 g/mol. The van der Waals surface area contributed by atoms with Crippen LogP contribution in [0.4, 0.5) is 0 Å². The van der Waals surface area contributed by atoms with Crippen molar-refractivity contribution in [2.24, 2.45) is 0 Å². The van der Waals surface area contributed by atoms with Gasteiger partial charge in [0.1, 0.15) is 5.78 Å². The van der Waals surface area contributed by atoms with Crippen molar-refractivity contribution in [1.29, 1.82) is 0 Å². The summed E-state index contributed by atoms with van der Waals surface area (Å²) in [5.74, 6) is 0.424. The van der Waals surface area contributed by atoms with Gasteiger partial charge in [0.15, 0.2) is 8.32 Å². The van der Waals surface area contributed by atoms with Gasteiger partial charge < -0.3 is 4.43 Å². The zero-order valence-corrected chi connectivity index (χ0v) is 16.3. The molecule has 2 aliphatic heterocycles. The Labute approximate surface area is 147 Å². The lowest BCUT2D eigenvalue weighted by Gasteiger charge is -2.36. The Bertz CT molecular complexity index is 560. The van der Waals surface area contributed by atoms with E-state index in [1.54, 1.807) is 0 Å². The van der Waals surface area contributed by atoms with E-state index in [9.17, 15) is 4.79 Å². The van der Waals surface area contributed by atoms with Crippen LogP contribution in [0.25, 0.3) is 0 Å².